The highest BCUT2D eigenvalue weighted by molar-refractivity contribution is 5.71. The van der Waals surface area contributed by atoms with Crippen LogP contribution in [0.4, 0.5) is 0 Å². The molecule has 0 radical (unpaired) electrons. The highest BCUT2D eigenvalue weighted by Gasteiger charge is 2.19. The van der Waals surface area contributed by atoms with E-state index in [0.29, 0.717) is 19.3 Å². The fourth-order valence-electron chi connectivity index (χ4n) is 7.89. The summed E-state index contributed by atoms with van der Waals surface area (Å²) in [6.07, 6.45) is 70.3. The van der Waals surface area contributed by atoms with Gasteiger partial charge in [0, 0.05) is 19.3 Å². The minimum atomic E-state index is -0.790. The molecule has 0 amide bonds. The Bertz CT molecular complexity index is 1260. The molecule has 0 rings (SSSR count). The number of unbranched alkanes of at least 4 members (excludes halogenated alkanes) is 28. The van der Waals surface area contributed by atoms with Gasteiger partial charge in [-0.1, -0.05) is 222 Å². The van der Waals surface area contributed by atoms with E-state index in [1.807, 2.05) is 0 Å². The van der Waals surface area contributed by atoms with Crippen molar-refractivity contribution in [2.24, 2.45) is 0 Å². The third-order valence-corrected chi connectivity index (χ3v) is 12.2. The first-order chi connectivity index (χ1) is 33.0. The number of hydrogen-bond donors (Lipinski definition) is 0. The summed E-state index contributed by atoms with van der Waals surface area (Å²) < 4.78 is 16.8. The molecule has 6 heteroatoms. The van der Waals surface area contributed by atoms with Crippen LogP contribution >= 0.6 is 0 Å². The molecule has 0 heterocycles. The van der Waals surface area contributed by atoms with Crippen molar-refractivity contribution in [2.45, 2.75) is 284 Å². The van der Waals surface area contributed by atoms with Gasteiger partial charge in [-0.25, -0.2) is 0 Å². The van der Waals surface area contributed by atoms with Crippen LogP contribution in [0.1, 0.15) is 278 Å². The molecule has 0 aliphatic heterocycles. The Labute approximate surface area is 414 Å². The van der Waals surface area contributed by atoms with Crippen molar-refractivity contribution in [1.29, 1.82) is 0 Å². The average molecular weight is 936 g/mol. The first-order valence-electron chi connectivity index (χ1n) is 28.4. The Hall–Kier alpha value is -3.15. The number of allylic oxidation sites excluding steroid dienone is 12. The molecule has 1 atom stereocenters. The molecule has 0 saturated carbocycles. The fraction of sp³-hybridized carbons (Fsp3) is 0.754. The average Bonchev–Trinajstić information content (AvgIpc) is 3.33. The van der Waals surface area contributed by atoms with E-state index >= 15 is 0 Å². The SMILES string of the molecule is CC/C=C\C/C=C\C/C=C\C/C=C\CCCCCCCCC(=O)OCC(COC(=O)CCCCC/C=C\CCCCCCCC)OC(=O)CCCCCCCCC/C=C\CCCCCCCC. The van der Waals surface area contributed by atoms with E-state index in [1.165, 1.54) is 135 Å². The van der Waals surface area contributed by atoms with Gasteiger partial charge >= 0.3 is 17.9 Å². The van der Waals surface area contributed by atoms with Gasteiger partial charge in [-0.15, -0.1) is 0 Å². The van der Waals surface area contributed by atoms with Crippen LogP contribution in [0.3, 0.4) is 0 Å². The van der Waals surface area contributed by atoms with E-state index < -0.39 is 6.10 Å². The van der Waals surface area contributed by atoms with Crippen molar-refractivity contribution in [3.8, 4) is 0 Å². The molecule has 0 N–H and O–H groups in total. The molecule has 1 unspecified atom stereocenters. The zero-order chi connectivity index (χ0) is 48.6. The molecule has 0 spiro atoms. The van der Waals surface area contributed by atoms with E-state index in [9.17, 15) is 14.4 Å². The first kappa shape index (κ1) is 63.8. The predicted octanol–water partition coefficient (Wildman–Crippen LogP) is 19.0. The van der Waals surface area contributed by atoms with Crippen molar-refractivity contribution < 1.29 is 28.6 Å². The van der Waals surface area contributed by atoms with Gasteiger partial charge in [-0.2, -0.15) is 0 Å². The van der Waals surface area contributed by atoms with E-state index in [2.05, 4.69) is 93.7 Å². The number of carbonyl (C=O) groups is 3. The van der Waals surface area contributed by atoms with Crippen molar-refractivity contribution in [3.05, 3.63) is 72.9 Å². The van der Waals surface area contributed by atoms with Crippen LogP contribution in [-0.4, -0.2) is 37.2 Å². The smallest absolute Gasteiger partial charge is 0.306 e. The molecule has 0 aliphatic carbocycles. The highest BCUT2D eigenvalue weighted by atomic mass is 16.6. The molecule has 0 aromatic rings. The van der Waals surface area contributed by atoms with Gasteiger partial charge in [0.25, 0.3) is 0 Å². The Morgan fingerprint density at radius 3 is 0.940 bits per heavy atom. The lowest BCUT2D eigenvalue weighted by Gasteiger charge is -2.18. The van der Waals surface area contributed by atoms with Crippen molar-refractivity contribution in [3.63, 3.8) is 0 Å². The van der Waals surface area contributed by atoms with Crippen LogP contribution in [0.5, 0.6) is 0 Å². The highest BCUT2D eigenvalue weighted by Crippen LogP contribution is 2.15. The lowest BCUT2D eigenvalue weighted by Crippen LogP contribution is -2.30. The van der Waals surface area contributed by atoms with Crippen LogP contribution in [0.2, 0.25) is 0 Å². The molecule has 0 bridgehead atoms. The largest absolute Gasteiger partial charge is 0.462 e. The van der Waals surface area contributed by atoms with Crippen LogP contribution < -0.4 is 0 Å². The first-order valence-corrected chi connectivity index (χ1v) is 28.4. The second-order valence-electron chi connectivity index (χ2n) is 18.8. The van der Waals surface area contributed by atoms with E-state index in [1.54, 1.807) is 0 Å². The second kappa shape index (κ2) is 55.4. The van der Waals surface area contributed by atoms with E-state index in [4.69, 9.17) is 14.2 Å². The van der Waals surface area contributed by atoms with Crippen LogP contribution in [0, 0.1) is 0 Å². The molecular formula is C61H106O6. The van der Waals surface area contributed by atoms with Gasteiger partial charge in [0.15, 0.2) is 6.10 Å². The van der Waals surface area contributed by atoms with Crippen LogP contribution in [-0.2, 0) is 28.6 Å². The monoisotopic (exact) mass is 935 g/mol. The van der Waals surface area contributed by atoms with Gasteiger partial charge in [0.05, 0.1) is 0 Å². The minimum absolute atomic E-state index is 0.0888. The molecule has 0 fully saturated rings. The molecule has 0 aliphatic rings. The zero-order valence-electron chi connectivity index (χ0n) is 44.2. The summed E-state index contributed by atoms with van der Waals surface area (Å²) >= 11 is 0. The second-order valence-corrected chi connectivity index (χ2v) is 18.8. The maximum absolute atomic E-state index is 12.8. The van der Waals surface area contributed by atoms with Crippen molar-refractivity contribution >= 4 is 17.9 Å². The maximum Gasteiger partial charge on any atom is 0.306 e. The summed E-state index contributed by atoms with van der Waals surface area (Å²) in [7, 11) is 0. The molecular weight excluding hydrogens is 829 g/mol. The lowest BCUT2D eigenvalue weighted by molar-refractivity contribution is -0.167. The minimum Gasteiger partial charge on any atom is -0.462 e. The van der Waals surface area contributed by atoms with E-state index in [0.717, 1.165) is 103 Å². The lowest BCUT2D eigenvalue weighted by atomic mass is 10.1. The van der Waals surface area contributed by atoms with E-state index in [-0.39, 0.29) is 31.1 Å². The Balaban J connectivity index is 4.41. The summed E-state index contributed by atoms with van der Waals surface area (Å²) in [5.41, 5.74) is 0. The Kier molecular flexibility index (Phi) is 52.8. The van der Waals surface area contributed by atoms with Crippen LogP contribution in [0.25, 0.3) is 0 Å². The maximum atomic E-state index is 12.8. The number of rotatable bonds is 51. The molecule has 386 valence electrons. The number of esters is 3. The normalized spacial score (nSPS) is 12.6. The van der Waals surface area contributed by atoms with Crippen molar-refractivity contribution in [1.82, 2.24) is 0 Å². The standard InChI is InChI=1S/C61H106O6/c1-4-7-10-13-16-19-22-25-27-29-30-32-33-36-39-42-45-48-51-54-60(63)66-57-58(56-65-59(62)53-50-47-44-41-38-35-24-21-18-15-12-9-6-3)67-61(64)55-52-49-46-43-40-37-34-31-28-26-23-20-17-14-11-8-5-2/h7,10,16,19,25-28,30,32,35,38,58H,4-6,8-9,11-15,17-18,20-24,29,31,33-34,36-37,39-57H2,1-3H3/b10-7-,19-16-,27-25-,28-26-,32-30-,38-35-. The summed E-state index contributed by atoms with van der Waals surface area (Å²) in [5.74, 6) is -0.915. The van der Waals surface area contributed by atoms with Crippen LogP contribution in [0.15, 0.2) is 72.9 Å². The zero-order valence-corrected chi connectivity index (χ0v) is 44.2. The Morgan fingerprint density at radius 1 is 0.313 bits per heavy atom. The number of carbonyl (C=O) groups excluding carboxylic acids is 3. The third-order valence-electron chi connectivity index (χ3n) is 12.2. The summed E-state index contributed by atoms with van der Waals surface area (Å²) in [4.78, 5) is 38.1. The molecule has 6 nitrogen and oxygen atoms in total. The topological polar surface area (TPSA) is 78.9 Å². The van der Waals surface area contributed by atoms with Gasteiger partial charge in [-0.05, 0) is 109 Å². The van der Waals surface area contributed by atoms with Gasteiger partial charge < -0.3 is 14.2 Å². The van der Waals surface area contributed by atoms with Gasteiger partial charge in [0.1, 0.15) is 13.2 Å². The quantitative estimate of drug-likeness (QED) is 0.0262. The third kappa shape index (κ3) is 53.7. The number of hydrogen-bond acceptors (Lipinski definition) is 6. The summed E-state index contributed by atoms with van der Waals surface area (Å²) in [6, 6.07) is 0. The summed E-state index contributed by atoms with van der Waals surface area (Å²) in [6.45, 7) is 6.50. The molecule has 0 saturated heterocycles. The molecule has 0 aromatic heterocycles. The van der Waals surface area contributed by atoms with Gasteiger partial charge in [-0.3, -0.25) is 14.4 Å². The Morgan fingerprint density at radius 2 is 0.582 bits per heavy atom. The predicted molar refractivity (Wildman–Crippen MR) is 288 cm³/mol. The fourth-order valence-corrected chi connectivity index (χ4v) is 7.89. The van der Waals surface area contributed by atoms with Crippen molar-refractivity contribution in [2.75, 3.05) is 13.2 Å². The number of ether oxygens (including phenoxy) is 3. The molecule has 0 aromatic carbocycles. The van der Waals surface area contributed by atoms with Gasteiger partial charge in [0.2, 0.25) is 0 Å². The summed E-state index contributed by atoms with van der Waals surface area (Å²) in [5, 5.41) is 0. The molecule has 67 heavy (non-hydrogen) atoms.